The van der Waals surface area contributed by atoms with E-state index in [1.54, 1.807) is 61.5 Å². The minimum absolute atomic E-state index is 0.0972. The monoisotopic (exact) mass is 591 g/mol. The highest BCUT2D eigenvalue weighted by molar-refractivity contribution is 7.90. The first-order valence-electron chi connectivity index (χ1n) is 14.6. The number of aliphatic hydroxyl groups is 1. The number of hydrogen-bond acceptors (Lipinski definition) is 6. The number of hydrogen-bond donors (Lipinski definition) is 4. The molecule has 0 bridgehead atoms. The maximum atomic E-state index is 13.3. The maximum Gasteiger partial charge on any atom is 0.251 e. The van der Waals surface area contributed by atoms with E-state index in [1.165, 1.54) is 6.42 Å². The van der Waals surface area contributed by atoms with E-state index in [-0.39, 0.29) is 29.1 Å². The van der Waals surface area contributed by atoms with Crippen molar-refractivity contribution in [2.75, 3.05) is 6.54 Å². The van der Waals surface area contributed by atoms with Crippen LogP contribution >= 0.6 is 0 Å². The van der Waals surface area contributed by atoms with Crippen molar-refractivity contribution in [3.8, 4) is 0 Å². The van der Waals surface area contributed by atoms with Crippen LogP contribution in [0.25, 0.3) is 0 Å². The summed E-state index contributed by atoms with van der Waals surface area (Å²) in [6, 6.07) is 23.3. The third-order valence-electron chi connectivity index (χ3n) is 7.71. The molecule has 1 fully saturated rings. The molecule has 224 valence electrons. The molecule has 3 aromatic carbocycles. The zero-order chi connectivity index (χ0) is 30.0. The first kappa shape index (κ1) is 31.4. The third-order valence-corrected chi connectivity index (χ3v) is 9.41. The fourth-order valence-electron chi connectivity index (χ4n) is 5.24. The first-order chi connectivity index (χ1) is 20.2. The van der Waals surface area contributed by atoms with Gasteiger partial charge in [-0.1, -0.05) is 79.9 Å². The van der Waals surface area contributed by atoms with Gasteiger partial charge in [-0.2, -0.15) is 0 Å². The van der Waals surface area contributed by atoms with Crippen LogP contribution in [0.2, 0.25) is 0 Å². The molecule has 0 unspecified atom stereocenters. The molecule has 0 saturated heterocycles. The largest absolute Gasteiger partial charge is 0.390 e. The van der Waals surface area contributed by atoms with Crippen molar-refractivity contribution in [3.05, 3.63) is 102 Å². The predicted molar refractivity (Wildman–Crippen MR) is 164 cm³/mol. The summed E-state index contributed by atoms with van der Waals surface area (Å²) in [6.45, 7) is 1.87. The summed E-state index contributed by atoms with van der Waals surface area (Å²) < 4.78 is 25.7. The predicted octanol–water partition coefficient (Wildman–Crippen LogP) is 3.79. The fourth-order valence-corrected chi connectivity index (χ4v) is 6.60. The van der Waals surface area contributed by atoms with Gasteiger partial charge in [0.25, 0.3) is 5.91 Å². The molecular weight excluding hydrogens is 550 g/mol. The molecule has 3 aromatic rings. The quantitative estimate of drug-likeness (QED) is 0.240. The van der Waals surface area contributed by atoms with E-state index in [0.717, 1.165) is 31.2 Å². The maximum absolute atomic E-state index is 13.3. The van der Waals surface area contributed by atoms with Crippen LogP contribution in [0.3, 0.4) is 0 Å². The Labute approximate surface area is 248 Å². The molecular formula is C33H41N3O5S. The average molecular weight is 592 g/mol. The van der Waals surface area contributed by atoms with Gasteiger partial charge in [0, 0.05) is 18.2 Å². The second-order valence-corrected chi connectivity index (χ2v) is 13.1. The van der Waals surface area contributed by atoms with E-state index in [2.05, 4.69) is 16.0 Å². The van der Waals surface area contributed by atoms with Crippen molar-refractivity contribution < 1.29 is 23.1 Å². The second kappa shape index (κ2) is 15.1. The van der Waals surface area contributed by atoms with Gasteiger partial charge < -0.3 is 21.1 Å². The van der Waals surface area contributed by atoms with E-state index in [9.17, 15) is 23.1 Å². The molecule has 1 saturated carbocycles. The number of aliphatic hydroxyl groups excluding tert-OH is 1. The topological polar surface area (TPSA) is 125 Å². The van der Waals surface area contributed by atoms with E-state index < -0.39 is 33.9 Å². The SMILES string of the molecule is C[C@H](NC[C@@H](O)[C@H](Cc1ccccc1)NC(=O)c1cccc(CS(=O)(=O)c2ccccc2)c1)C(=O)NC1CCCCC1. The summed E-state index contributed by atoms with van der Waals surface area (Å²) in [5.74, 6) is -0.754. The molecule has 1 aliphatic rings. The first-order valence-corrected chi connectivity index (χ1v) is 16.3. The van der Waals surface area contributed by atoms with Crippen molar-refractivity contribution >= 4 is 21.7 Å². The number of carbonyl (C=O) groups excluding carboxylic acids is 2. The Balaban J connectivity index is 1.41. The summed E-state index contributed by atoms with van der Waals surface area (Å²) in [4.78, 5) is 26.3. The molecule has 0 aromatic heterocycles. The summed E-state index contributed by atoms with van der Waals surface area (Å²) in [7, 11) is -3.58. The zero-order valence-corrected chi connectivity index (χ0v) is 24.9. The lowest BCUT2D eigenvalue weighted by Crippen LogP contribution is -2.53. The van der Waals surface area contributed by atoms with Gasteiger partial charge in [-0.15, -0.1) is 0 Å². The normalized spacial score (nSPS) is 16.2. The van der Waals surface area contributed by atoms with Gasteiger partial charge in [-0.25, -0.2) is 8.42 Å². The Morgan fingerprint density at radius 2 is 1.52 bits per heavy atom. The lowest BCUT2D eigenvalue weighted by molar-refractivity contribution is -0.123. The number of sulfone groups is 1. The van der Waals surface area contributed by atoms with Crippen LogP contribution in [-0.2, 0) is 26.8 Å². The van der Waals surface area contributed by atoms with E-state index in [1.807, 2.05) is 30.3 Å². The lowest BCUT2D eigenvalue weighted by Gasteiger charge is -2.27. The van der Waals surface area contributed by atoms with Gasteiger partial charge in [-0.3, -0.25) is 9.59 Å². The summed E-state index contributed by atoms with van der Waals surface area (Å²) in [5.41, 5.74) is 1.73. The molecule has 0 aliphatic heterocycles. The number of amides is 2. The molecule has 1 aliphatic carbocycles. The van der Waals surface area contributed by atoms with Crippen LogP contribution in [0, 0.1) is 0 Å². The van der Waals surface area contributed by atoms with E-state index >= 15 is 0 Å². The minimum Gasteiger partial charge on any atom is -0.390 e. The van der Waals surface area contributed by atoms with Crippen molar-refractivity contribution in [3.63, 3.8) is 0 Å². The van der Waals surface area contributed by atoms with E-state index in [4.69, 9.17) is 0 Å². The Morgan fingerprint density at radius 3 is 2.21 bits per heavy atom. The van der Waals surface area contributed by atoms with Crippen molar-refractivity contribution in [1.29, 1.82) is 0 Å². The highest BCUT2D eigenvalue weighted by Gasteiger charge is 2.25. The average Bonchev–Trinajstić information content (AvgIpc) is 3.00. The van der Waals surface area contributed by atoms with Crippen LogP contribution in [0.4, 0.5) is 0 Å². The van der Waals surface area contributed by atoms with Gasteiger partial charge in [0.05, 0.1) is 28.8 Å². The summed E-state index contributed by atoms with van der Waals surface area (Å²) in [6.07, 6.45) is 4.83. The molecule has 0 heterocycles. The van der Waals surface area contributed by atoms with Crippen molar-refractivity contribution in [2.24, 2.45) is 0 Å². The van der Waals surface area contributed by atoms with Crippen molar-refractivity contribution in [2.45, 2.75) is 80.3 Å². The number of carbonyl (C=O) groups is 2. The zero-order valence-electron chi connectivity index (χ0n) is 24.0. The van der Waals surface area contributed by atoms with Crippen LogP contribution in [-0.4, -0.2) is 56.1 Å². The number of nitrogens with one attached hydrogen (secondary N) is 3. The molecule has 9 heteroatoms. The Morgan fingerprint density at radius 1 is 0.881 bits per heavy atom. The Hall–Kier alpha value is -3.53. The van der Waals surface area contributed by atoms with Gasteiger partial charge in [-0.05, 0) is 61.6 Å². The highest BCUT2D eigenvalue weighted by Crippen LogP contribution is 2.19. The van der Waals surface area contributed by atoms with Crippen LogP contribution in [0.15, 0.2) is 89.8 Å². The van der Waals surface area contributed by atoms with Crippen molar-refractivity contribution in [1.82, 2.24) is 16.0 Å². The number of benzene rings is 3. The number of rotatable bonds is 13. The second-order valence-electron chi connectivity index (χ2n) is 11.1. The van der Waals surface area contributed by atoms with Gasteiger partial charge in [0.15, 0.2) is 9.84 Å². The van der Waals surface area contributed by atoms with Gasteiger partial charge >= 0.3 is 0 Å². The molecule has 0 radical (unpaired) electrons. The summed E-state index contributed by atoms with van der Waals surface area (Å²) in [5, 5.41) is 20.3. The smallest absolute Gasteiger partial charge is 0.251 e. The molecule has 3 atom stereocenters. The van der Waals surface area contributed by atoms with E-state index in [0.29, 0.717) is 17.5 Å². The Bertz CT molecular complexity index is 1410. The summed E-state index contributed by atoms with van der Waals surface area (Å²) >= 11 is 0. The molecule has 4 N–H and O–H groups in total. The third kappa shape index (κ3) is 9.24. The highest BCUT2D eigenvalue weighted by atomic mass is 32.2. The molecule has 4 rings (SSSR count). The minimum atomic E-state index is -3.58. The lowest BCUT2D eigenvalue weighted by atomic mass is 9.95. The molecule has 0 spiro atoms. The van der Waals surface area contributed by atoms with Crippen LogP contribution in [0.5, 0.6) is 0 Å². The van der Waals surface area contributed by atoms with Gasteiger partial charge in [0.1, 0.15) is 0 Å². The van der Waals surface area contributed by atoms with Gasteiger partial charge in [0.2, 0.25) is 5.91 Å². The van der Waals surface area contributed by atoms with Crippen LogP contribution in [0.1, 0.15) is 60.5 Å². The molecule has 2 amide bonds. The molecule has 42 heavy (non-hydrogen) atoms. The Kier molecular flexibility index (Phi) is 11.3. The fraction of sp³-hybridized carbons (Fsp3) is 0.394. The standard InChI is InChI=1S/C33H41N3O5S/c1-24(32(38)35-28-16-7-3-8-17-28)34-22-31(37)30(21-25-12-5-2-6-13-25)36-33(39)27-15-11-14-26(20-27)23-42(40,41)29-18-9-4-10-19-29/h2,4-6,9-15,18-20,24,28,30-31,34,37H,3,7-8,16-17,21-23H2,1H3,(H,35,38)(H,36,39)/t24-,30-,31+/m0/s1. The molecule has 8 nitrogen and oxygen atoms in total. The van der Waals surface area contributed by atoms with Crippen LogP contribution < -0.4 is 16.0 Å².